The second-order valence-electron chi connectivity index (χ2n) is 11.0. The van der Waals surface area contributed by atoms with Crippen LogP contribution in [0.1, 0.15) is 84.0 Å². The third-order valence-corrected chi connectivity index (χ3v) is 6.00. The molecule has 0 spiro atoms. The standard InChI is InChI=1S/C28H45N3O6/c1-17(2)11-13-20(5)31(26(34)21(6)30-27(35)37-28(7,8)9)24(25(33)29-16-23(32)36-10)22-14-12-18(3)19(4)15-22/h12,14-15,17,20-21,24H,11,13,16H2,1-10H3,(H,29,33)(H,30,35). The Balaban J connectivity index is 3.50. The van der Waals surface area contributed by atoms with Gasteiger partial charge in [0.1, 0.15) is 24.2 Å². The van der Waals surface area contributed by atoms with E-state index in [1.807, 2.05) is 39.0 Å². The topological polar surface area (TPSA) is 114 Å². The lowest BCUT2D eigenvalue weighted by atomic mass is 9.95. The molecule has 0 aliphatic carbocycles. The zero-order chi connectivity index (χ0) is 28.5. The molecule has 1 rings (SSSR count). The van der Waals surface area contributed by atoms with Gasteiger partial charge >= 0.3 is 12.1 Å². The number of carbonyl (C=O) groups is 4. The maximum atomic E-state index is 13.9. The molecule has 0 fully saturated rings. The highest BCUT2D eigenvalue weighted by Crippen LogP contribution is 2.28. The van der Waals surface area contributed by atoms with E-state index in [1.165, 1.54) is 12.0 Å². The van der Waals surface area contributed by atoms with Gasteiger partial charge in [0, 0.05) is 6.04 Å². The Kier molecular flexibility index (Phi) is 12.1. The van der Waals surface area contributed by atoms with Crippen molar-refractivity contribution in [3.05, 3.63) is 34.9 Å². The molecule has 0 aromatic heterocycles. The van der Waals surface area contributed by atoms with Crippen LogP contribution in [-0.4, -0.2) is 60.1 Å². The molecule has 208 valence electrons. The molecular formula is C28H45N3O6. The van der Waals surface area contributed by atoms with Crippen molar-refractivity contribution in [2.45, 2.75) is 98.9 Å². The second-order valence-corrected chi connectivity index (χ2v) is 11.0. The lowest BCUT2D eigenvalue weighted by Crippen LogP contribution is -2.55. The Bertz CT molecular complexity index is 954. The van der Waals surface area contributed by atoms with Crippen LogP contribution in [0.3, 0.4) is 0 Å². The van der Waals surface area contributed by atoms with Gasteiger partial charge < -0.3 is 25.0 Å². The first-order chi connectivity index (χ1) is 17.1. The fraction of sp³-hybridized carbons (Fsp3) is 0.643. The van der Waals surface area contributed by atoms with Crippen LogP contribution in [0.5, 0.6) is 0 Å². The van der Waals surface area contributed by atoms with Crippen LogP contribution in [-0.2, 0) is 23.9 Å². The number of alkyl carbamates (subject to hydrolysis) is 1. The molecule has 3 unspecified atom stereocenters. The predicted molar refractivity (Wildman–Crippen MR) is 143 cm³/mol. The second kappa shape index (κ2) is 14.0. The smallest absolute Gasteiger partial charge is 0.408 e. The van der Waals surface area contributed by atoms with Gasteiger partial charge in [-0.3, -0.25) is 14.4 Å². The summed E-state index contributed by atoms with van der Waals surface area (Å²) in [6, 6.07) is 3.26. The average molecular weight is 520 g/mol. The Morgan fingerprint density at radius 3 is 2.11 bits per heavy atom. The number of hydrogen-bond acceptors (Lipinski definition) is 6. The minimum absolute atomic E-state index is 0.329. The fourth-order valence-corrected chi connectivity index (χ4v) is 3.78. The third kappa shape index (κ3) is 10.4. The Morgan fingerprint density at radius 1 is 0.973 bits per heavy atom. The summed E-state index contributed by atoms with van der Waals surface area (Å²) in [5.74, 6) is -1.15. The third-order valence-electron chi connectivity index (χ3n) is 6.00. The summed E-state index contributed by atoms with van der Waals surface area (Å²) in [5.41, 5.74) is 1.89. The molecule has 1 aromatic rings. The molecule has 0 saturated carbocycles. The van der Waals surface area contributed by atoms with Crippen LogP contribution in [0, 0.1) is 19.8 Å². The minimum Gasteiger partial charge on any atom is -0.468 e. The first-order valence-electron chi connectivity index (χ1n) is 12.8. The van der Waals surface area contributed by atoms with Gasteiger partial charge in [0.05, 0.1) is 7.11 Å². The number of esters is 1. The number of benzene rings is 1. The molecule has 0 radical (unpaired) electrons. The van der Waals surface area contributed by atoms with Crippen molar-refractivity contribution in [1.29, 1.82) is 0 Å². The summed E-state index contributed by atoms with van der Waals surface area (Å²) < 4.78 is 9.99. The van der Waals surface area contributed by atoms with Gasteiger partial charge in [-0.1, -0.05) is 32.0 Å². The normalized spacial score (nSPS) is 13.8. The van der Waals surface area contributed by atoms with Crippen molar-refractivity contribution in [2.75, 3.05) is 13.7 Å². The monoisotopic (exact) mass is 519 g/mol. The van der Waals surface area contributed by atoms with Gasteiger partial charge in [0.25, 0.3) is 0 Å². The molecule has 0 saturated heterocycles. The summed E-state index contributed by atoms with van der Waals surface area (Å²) in [5, 5.41) is 5.22. The Morgan fingerprint density at radius 2 is 1.59 bits per heavy atom. The van der Waals surface area contributed by atoms with Gasteiger partial charge in [0.15, 0.2) is 0 Å². The van der Waals surface area contributed by atoms with E-state index in [0.29, 0.717) is 17.9 Å². The molecule has 0 aliphatic heterocycles. The number of hydrogen-bond donors (Lipinski definition) is 2. The quantitative estimate of drug-likeness (QED) is 0.424. The molecule has 3 amide bonds. The number of carbonyl (C=O) groups excluding carboxylic acids is 4. The van der Waals surface area contributed by atoms with Gasteiger partial charge in [-0.2, -0.15) is 0 Å². The molecule has 2 N–H and O–H groups in total. The summed E-state index contributed by atoms with van der Waals surface area (Å²) in [7, 11) is 1.24. The Hall–Kier alpha value is -3.10. The Labute approximate surface area is 221 Å². The highest BCUT2D eigenvalue weighted by molar-refractivity contribution is 5.93. The van der Waals surface area contributed by atoms with Crippen LogP contribution in [0.2, 0.25) is 0 Å². The zero-order valence-electron chi connectivity index (χ0n) is 24.1. The van der Waals surface area contributed by atoms with Crippen molar-refractivity contribution in [3.8, 4) is 0 Å². The van der Waals surface area contributed by atoms with Crippen molar-refractivity contribution < 1.29 is 28.7 Å². The predicted octanol–water partition coefficient (Wildman–Crippen LogP) is 4.20. The number of ether oxygens (including phenoxy) is 2. The summed E-state index contributed by atoms with van der Waals surface area (Å²) in [6.45, 7) is 16.4. The summed E-state index contributed by atoms with van der Waals surface area (Å²) in [6.07, 6.45) is 0.761. The number of nitrogens with zero attached hydrogens (tertiary/aromatic N) is 1. The van der Waals surface area contributed by atoms with E-state index in [4.69, 9.17) is 4.74 Å². The van der Waals surface area contributed by atoms with E-state index < -0.39 is 41.6 Å². The first-order valence-corrected chi connectivity index (χ1v) is 12.8. The fourth-order valence-electron chi connectivity index (χ4n) is 3.78. The SMILES string of the molecule is COC(=O)CNC(=O)C(c1ccc(C)c(C)c1)N(C(=O)C(C)NC(=O)OC(C)(C)C)C(C)CCC(C)C. The lowest BCUT2D eigenvalue weighted by Gasteiger charge is -2.38. The van der Waals surface area contributed by atoms with E-state index in [2.05, 4.69) is 29.2 Å². The molecule has 9 nitrogen and oxygen atoms in total. The number of aryl methyl sites for hydroxylation is 2. The number of methoxy groups -OCH3 is 1. The summed E-state index contributed by atoms with van der Waals surface area (Å²) in [4.78, 5) is 53.1. The lowest BCUT2D eigenvalue weighted by molar-refractivity contribution is -0.146. The van der Waals surface area contributed by atoms with Gasteiger partial charge in [-0.15, -0.1) is 0 Å². The highest BCUT2D eigenvalue weighted by atomic mass is 16.6. The van der Waals surface area contributed by atoms with Gasteiger partial charge in [0.2, 0.25) is 11.8 Å². The van der Waals surface area contributed by atoms with Gasteiger partial charge in [-0.05, 0) is 83.9 Å². The van der Waals surface area contributed by atoms with Crippen molar-refractivity contribution in [1.82, 2.24) is 15.5 Å². The van der Waals surface area contributed by atoms with Crippen LogP contribution in [0.4, 0.5) is 4.79 Å². The van der Waals surface area contributed by atoms with E-state index in [9.17, 15) is 19.2 Å². The largest absolute Gasteiger partial charge is 0.468 e. The summed E-state index contributed by atoms with van der Waals surface area (Å²) >= 11 is 0. The molecule has 37 heavy (non-hydrogen) atoms. The number of nitrogens with one attached hydrogen (secondary N) is 2. The molecule has 9 heteroatoms. The van der Waals surface area contributed by atoms with Crippen molar-refractivity contribution in [3.63, 3.8) is 0 Å². The molecule has 3 atom stereocenters. The van der Waals surface area contributed by atoms with Crippen LogP contribution >= 0.6 is 0 Å². The number of rotatable bonds is 11. The van der Waals surface area contributed by atoms with Crippen LogP contribution in [0.25, 0.3) is 0 Å². The maximum absolute atomic E-state index is 13.9. The number of amides is 3. The van der Waals surface area contributed by atoms with Crippen molar-refractivity contribution in [2.24, 2.45) is 5.92 Å². The maximum Gasteiger partial charge on any atom is 0.408 e. The molecule has 0 bridgehead atoms. The first kappa shape index (κ1) is 31.9. The minimum atomic E-state index is -1.03. The van der Waals surface area contributed by atoms with E-state index in [0.717, 1.165) is 17.5 Å². The van der Waals surface area contributed by atoms with Crippen molar-refractivity contribution >= 4 is 23.9 Å². The zero-order valence-corrected chi connectivity index (χ0v) is 24.1. The van der Waals surface area contributed by atoms with Crippen LogP contribution in [0.15, 0.2) is 18.2 Å². The van der Waals surface area contributed by atoms with E-state index in [-0.39, 0.29) is 12.6 Å². The van der Waals surface area contributed by atoms with E-state index >= 15 is 0 Å². The van der Waals surface area contributed by atoms with E-state index in [1.54, 1.807) is 27.7 Å². The molecule has 1 aromatic carbocycles. The highest BCUT2D eigenvalue weighted by Gasteiger charge is 2.37. The van der Waals surface area contributed by atoms with Crippen LogP contribution < -0.4 is 10.6 Å². The average Bonchev–Trinajstić information content (AvgIpc) is 2.79. The molecule has 0 aliphatic rings. The molecule has 0 heterocycles. The van der Waals surface area contributed by atoms with Gasteiger partial charge in [-0.25, -0.2) is 4.79 Å². The molecular weight excluding hydrogens is 474 g/mol.